The van der Waals surface area contributed by atoms with Crippen LogP contribution in [0.1, 0.15) is 15.2 Å². The van der Waals surface area contributed by atoms with Gasteiger partial charge in [0.15, 0.2) is 0 Å². The van der Waals surface area contributed by atoms with Gasteiger partial charge in [0.1, 0.15) is 17.2 Å². The van der Waals surface area contributed by atoms with Crippen LogP contribution in [0.4, 0.5) is 8.78 Å². The summed E-state index contributed by atoms with van der Waals surface area (Å²) >= 11 is 1.03. The van der Waals surface area contributed by atoms with Crippen LogP contribution in [0.3, 0.4) is 0 Å². The third-order valence-corrected chi connectivity index (χ3v) is 3.34. The van der Waals surface area contributed by atoms with Gasteiger partial charge in [-0.2, -0.15) is 13.9 Å². The quantitative estimate of drug-likeness (QED) is 0.831. The van der Waals surface area contributed by atoms with E-state index in [-0.39, 0.29) is 17.2 Å². The van der Waals surface area contributed by atoms with Crippen LogP contribution in [0.25, 0.3) is 0 Å². The summed E-state index contributed by atoms with van der Waals surface area (Å²) in [5, 5.41) is 8.13. The number of thiophene rings is 1. The average Bonchev–Trinajstić information content (AvgIpc) is 3.05. The summed E-state index contributed by atoms with van der Waals surface area (Å²) in [5.74, 6) is 1.83. The molecule has 0 aliphatic carbocycles. The molecule has 0 aliphatic heterocycles. The molecule has 0 radical (unpaired) electrons. The van der Waals surface area contributed by atoms with Crippen LogP contribution < -0.4 is 10.1 Å². The topological polar surface area (TPSA) is 56.2 Å². The maximum Gasteiger partial charge on any atom is 0.387 e. The maximum atomic E-state index is 12.2. The number of hydrogen-bond donors (Lipinski definition) is 1. The minimum atomic E-state index is -2.96. The third kappa shape index (κ3) is 4.03. The Hall–Kier alpha value is -2.40. The standard InChI is InChI=1S/C13H11F2N3O2S/c1-2-4-18-8-9(7-17-18)6-16-12(19)11-10(3-5-21-11)20-13(14)15/h1,3,5,7-8,13H,4,6H2,(H,16,19). The van der Waals surface area contributed by atoms with Crippen molar-refractivity contribution in [2.45, 2.75) is 19.7 Å². The molecule has 0 saturated carbocycles. The minimum absolute atomic E-state index is 0.103. The van der Waals surface area contributed by atoms with Gasteiger partial charge >= 0.3 is 6.61 Å². The van der Waals surface area contributed by atoms with Crippen LogP contribution >= 0.6 is 11.3 Å². The van der Waals surface area contributed by atoms with Crippen LogP contribution in [0, 0.1) is 12.3 Å². The van der Waals surface area contributed by atoms with E-state index in [0.29, 0.717) is 6.54 Å². The van der Waals surface area contributed by atoms with Crippen molar-refractivity contribution in [1.29, 1.82) is 0 Å². The maximum absolute atomic E-state index is 12.2. The van der Waals surface area contributed by atoms with Crippen molar-refractivity contribution >= 4 is 17.2 Å². The lowest BCUT2D eigenvalue weighted by Crippen LogP contribution is -2.22. The Morgan fingerprint density at radius 3 is 3.14 bits per heavy atom. The van der Waals surface area contributed by atoms with Crippen molar-refractivity contribution in [1.82, 2.24) is 15.1 Å². The van der Waals surface area contributed by atoms with Gasteiger partial charge in [0.2, 0.25) is 0 Å². The molecular weight excluding hydrogens is 300 g/mol. The molecule has 1 amide bonds. The summed E-state index contributed by atoms with van der Waals surface area (Å²) in [5.41, 5.74) is 0.756. The zero-order chi connectivity index (χ0) is 15.2. The molecule has 2 aromatic rings. The molecule has 0 spiro atoms. The molecule has 8 heteroatoms. The van der Waals surface area contributed by atoms with Crippen molar-refractivity contribution in [3.05, 3.63) is 34.3 Å². The van der Waals surface area contributed by atoms with Gasteiger partial charge in [-0.3, -0.25) is 9.48 Å². The van der Waals surface area contributed by atoms with E-state index in [0.717, 1.165) is 16.9 Å². The number of nitrogens with one attached hydrogen (secondary N) is 1. The van der Waals surface area contributed by atoms with Crippen molar-refractivity contribution in [3.8, 4) is 18.1 Å². The van der Waals surface area contributed by atoms with Gasteiger partial charge < -0.3 is 10.1 Å². The second-order valence-corrected chi connectivity index (χ2v) is 4.84. The number of carbonyl (C=O) groups is 1. The SMILES string of the molecule is C#CCn1cc(CNC(=O)c2sccc2OC(F)F)cn1. The van der Waals surface area contributed by atoms with Gasteiger partial charge in [-0.15, -0.1) is 17.8 Å². The van der Waals surface area contributed by atoms with E-state index in [1.165, 1.54) is 11.4 Å². The Bertz CT molecular complexity index is 660. The highest BCUT2D eigenvalue weighted by molar-refractivity contribution is 7.12. The number of halogens is 2. The van der Waals surface area contributed by atoms with E-state index < -0.39 is 12.5 Å². The van der Waals surface area contributed by atoms with Gasteiger partial charge in [0.05, 0.1) is 6.20 Å². The molecule has 0 unspecified atom stereocenters. The van der Waals surface area contributed by atoms with E-state index in [4.69, 9.17) is 6.42 Å². The van der Waals surface area contributed by atoms with E-state index in [1.807, 2.05) is 0 Å². The summed E-state index contributed by atoms with van der Waals surface area (Å²) in [6.45, 7) is -2.41. The lowest BCUT2D eigenvalue weighted by molar-refractivity contribution is -0.0498. The zero-order valence-corrected chi connectivity index (χ0v) is 11.6. The highest BCUT2D eigenvalue weighted by Gasteiger charge is 2.17. The molecule has 0 saturated heterocycles. The lowest BCUT2D eigenvalue weighted by Gasteiger charge is -2.06. The Balaban J connectivity index is 1.95. The van der Waals surface area contributed by atoms with Gasteiger partial charge in [-0.1, -0.05) is 5.92 Å². The number of aromatic nitrogens is 2. The number of rotatable bonds is 6. The van der Waals surface area contributed by atoms with Gasteiger partial charge in [-0.25, -0.2) is 0 Å². The highest BCUT2D eigenvalue weighted by atomic mass is 32.1. The normalized spacial score (nSPS) is 10.4. The molecule has 2 heterocycles. The van der Waals surface area contributed by atoms with Crippen molar-refractivity contribution < 1.29 is 18.3 Å². The zero-order valence-electron chi connectivity index (χ0n) is 10.8. The van der Waals surface area contributed by atoms with E-state index in [2.05, 4.69) is 21.1 Å². The first-order chi connectivity index (χ1) is 10.1. The Morgan fingerprint density at radius 2 is 2.43 bits per heavy atom. The fraction of sp³-hybridized carbons (Fsp3) is 0.231. The van der Waals surface area contributed by atoms with E-state index >= 15 is 0 Å². The second kappa shape index (κ2) is 6.85. The molecule has 110 valence electrons. The summed E-state index contributed by atoms with van der Waals surface area (Å²) < 4.78 is 30.2. The first kappa shape index (κ1) is 15.0. The van der Waals surface area contributed by atoms with Crippen LogP contribution in [0.15, 0.2) is 23.8 Å². The van der Waals surface area contributed by atoms with Crippen LogP contribution in [-0.2, 0) is 13.1 Å². The van der Waals surface area contributed by atoms with Gasteiger partial charge in [-0.05, 0) is 11.4 Å². The summed E-state index contributed by atoms with van der Waals surface area (Å²) in [6, 6.07) is 1.33. The molecule has 5 nitrogen and oxygen atoms in total. The third-order valence-electron chi connectivity index (χ3n) is 2.44. The van der Waals surface area contributed by atoms with Crippen molar-refractivity contribution in [2.75, 3.05) is 0 Å². The van der Waals surface area contributed by atoms with Crippen LogP contribution in [0.2, 0.25) is 0 Å². The Morgan fingerprint density at radius 1 is 1.62 bits per heavy atom. The van der Waals surface area contributed by atoms with Crippen LogP contribution in [-0.4, -0.2) is 22.3 Å². The number of hydrogen-bond acceptors (Lipinski definition) is 4. The highest BCUT2D eigenvalue weighted by Crippen LogP contribution is 2.26. The summed E-state index contributed by atoms with van der Waals surface area (Å²) in [7, 11) is 0. The monoisotopic (exact) mass is 311 g/mol. The van der Waals surface area contributed by atoms with Gasteiger partial charge in [0, 0.05) is 18.3 Å². The Labute approximate surface area is 123 Å². The molecule has 0 bridgehead atoms. The molecule has 21 heavy (non-hydrogen) atoms. The molecule has 0 atom stereocenters. The largest absolute Gasteiger partial charge is 0.433 e. The van der Waals surface area contributed by atoms with E-state index in [1.54, 1.807) is 17.1 Å². The fourth-order valence-electron chi connectivity index (χ4n) is 1.59. The fourth-order valence-corrected chi connectivity index (χ4v) is 2.33. The number of carbonyl (C=O) groups excluding carboxylic acids is 1. The number of amides is 1. The average molecular weight is 311 g/mol. The second-order valence-electron chi connectivity index (χ2n) is 3.93. The lowest BCUT2D eigenvalue weighted by atomic mass is 10.3. The summed E-state index contributed by atoms with van der Waals surface area (Å²) in [4.78, 5) is 12.0. The molecule has 0 fully saturated rings. The van der Waals surface area contributed by atoms with E-state index in [9.17, 15) is 13.6 Å². The number of nitrogens with zero attached hydrogens (tertiary/aromatic N) is 2. The molecule has 1 N–H and O–H groups in total. The van der Waals surface area contributed by atoms with Crippen molar-refractivity contribution in [3.63, 3.8) is 0 Å². The number of terminal acetylenes is 1. The molecule has 0 aliphatic rings. The predicted octanol–water partition coefficient (Wildman–Crippen LogP) is 2.11. The first-order valence-corrected chi connectivity index (χ1v) is 6.73. The number of alkyl halides is 2. The molecular formula is C13H11F2N3O2S. The predicted molar refractivity (Wildman–Crippen MR) is 73.2 cm³/mol. The van der Waals surface area contributed by atoms with Crippen LogP contribution in [0.5, 0.6) is 5.75 Å². The molecule has 2 rings (SSSR count). The molecule has 0 aromatic carbocycles. The molecule has 2 aromatic heterocycles. The summed E-state index contributed by atoms with van der Waals surface area (Å²) in [6.07, 6.45) is 8.43. The Kier molecular flexibility index (Phi) is 4.90. The van der Waals surface area contributed by atoms with Gasteiger partial charge in [0.25, 0.3) is 5.91 Å². The van der Waals surface area contributed by atoms with Crippen molar-refractivity contribution in [2.24, 2.45) is 0 Å². The smallest absolute Gasteiger partial charge is 0.387 e. The first-order valence-electron chi connectivity index (χ1n) is 5.85. The minimum Gasteiger partial charge on any atom is -0.433 e. The number of ether oxygens (including phenoxy) is 1.